The van der Waals surface area contributed by atoms with Gasteiger partial charge in [-0.2, -0.15) is 0 Å². The second-order valence-corrected chi connectivity index (χ2v) is 10.3. The molecule has 11 heteroatoms. The minimum Gasteiger partial charge on any atom is -0.497 e. The lowest BCUT2D eigenvalue weighted by Crippen LogP contribution is -2.56. The second kappa shape index (κ2) is 12.3. The van der Waals surface area contributed by atoms with Crippen LogP contribution < -0.4 is 10.1 Å². The smallest absolute Gasteiger partial charge is 0.338 e. The largest absolute Gasteiger partial charge is 0.497 e. The van der Waals surface area contributed by atoms with E-state index in [0.29, 0.717) is 59.3 Å². The molecule has 0 spiro atoms. The topological polar surface area (TPSA) is 91.4 Å². The van der Waals surface area contributed by atoms with E-state index in [1.807, 2.05) is 11.8 Å². The molecule has 4 rings (SSSR count). The molecule has 39 heavy (non-hydrogen) atoms. The van der Waals surface area contributed by atoms with Gasteiger partial charge in [-0.1, -0.05) is 35.3 Å². The van der Waals surface area contributed by atoms with Crippen LogP contribution in [0.5, 0.6) is 5.75 Å². The summed E-state index contributed by atoms with van der Waals surface area (Å²) in [7, 11) is 3.20. The molecule has 0 aliphatic carbocycles. The van der Waals surface area contributed by atoms with Gasteiger partial charge in [0, 0.05) is 50.5 Å². The van der Waals surface area contributed by atoms with Gasteiger partial charge >= 0.3 is 12.0 Å². The Balaban J connectivity index is 1.60. The molecule has 1 N–H and O–H groups in total. The quantitative estimate of drug-likeness (QED) is 0.494. The highest BCUT2D eigenvalue weighted by molar-refractivity contribution is 6.42. The van der Waals surface area contributed by atoms with E-state index in [2.05, 4.69) is 10.2 Å². The number of ether oxygens (including phenoxy) is 2. The number of carbonyl (C=O) groups excluding carboxylic acids is 3. The molecule has 2 aliphatic heterocycles. The molecule has 0 bridgehead atoms. The molecule has 0 saturated carbocycles. The maximum Gasteiger partial charge on any atom is 0.338 e. The summed E-state index contributed by atoms with van der Waals surface area (Å²) in [4.78, 5) is 44.9. The van der Waals surface area contributed by atoms with Crippen molar-refractivity contribution in [3.8, 4) is 5.75 Å². The average molecular weight is 575 g/mol. The zero-order chi connectivity index (χ0) is 28.3. The van der Waals surface area contributed by atoms with Gasteiger partial charge in [0.2, 0.25) is 0 Å². The van der Waals surface area contributed by atoms with Crippen LogP contribution in [0.2, 0.25) is 10.0 Å². The lowest BCUT2D eigenvalue weighted by Gasteiger charge is -2.42. The van der Waals surface area contributed by atoms with E-state index in [9.17, 15) is 14.4 Å². The van der Waals surface area contributed by atoms with Crippen molar-refractivity contribution in [2.24, 2.45) is 0 Å². The molecule has 208 valence electrons. The molecular formula is C28H32Cl2N4O5. The number of rotatable bonds is 7. The van der Waals surface area contributed by atoms with Crippen LogP contribution in [-0.4, -0.2) is 85.6 Å². The number of benzene rings is 2. The summed E-state index contributed by atoms with van der Waals surface area (Å²) in [5, 5.41) is 3.45. The minimum atomic E-state index is -0.829. The minimum absolute atomic E-state index is 0.0546. The number of hydrogen-bond donors (Lipinski definition) is 1. The molecule has 1 saturated heterocycles. The van der Waals surface area contributed by atoms with E-state index < -0.39 is 12.0 Å². The van der Waals surface area contributed by atoms with Crippen molar-refractivity contribution in [3.05, 3.63) is 74.9 Å². The van der Waals surface area contributed by atoms with Gasteiger partial charge in [-0.25, -0.2) is 9.59 Å². The summed E-state index contributed by atoms with van der Waals surface area (Å²) in [5.74, 6) is 0.0934. The van der Waals surface area contributed by atoms with Crippen molar-refractivity contribution < 1.29 is 23.9 Å². The van der Waals surface area contributed by atoms with Gasteiger partial charge in [0.05, 0.1) is 35.4 Å². The van der Waals surface area contributed by atoms with E-state index in [4.69, 9.17) is 32.7 Å². The van der Waals surface area contributed by atoms with Crippen molar-refractivity contribution >= 4 is 41.1 Å². The summed E-state index contributed by atoms with van der Waals surface area (Å²) < 4.78 is 10.6. The first-order chi connectivity index (χ1) is 18.7. The Hall–Kier alpha value is -3.27. The molecule has 2 aromatic carbocycles. The fraction of sp³-hybridized carbons (Fsp3) is 0.393. The standard InChI is InChI=1S/C28H32Cl2N4O5/c1-5-39-27(36)23-22(32(3)28(37)31-25(23)20-7-6-8-21(29)24(20)30)16-33-13-14-34(17(2)15-33)26(35)18-9-11-19(38-4)12-10-18/h6-12,17,25H,5,13-16H2,1-4H3,(H,31,37)/t17-,25+/m0/s1. The van der Waals surface area contributed by atoms with Crippen LogP contribution in [0.3, 0.4) is 0 Å². The number of amides is 3. The van der Waals surface area contributed by atoms with Gasteiger partial charge in [-0.15, -0.1) is 0 Å². The summed E-state index contributed by atoms with van der Waals surface area (Å²) in [6, 6.07) is 10.8. The van der Waals surface area contributed by atoms with E-state index in [-0.39, 0.29) is 29.6 Å². The lowest BCUT2D eigenvalue weighted by atomic mass is 9.94. The molecule has 9 nitrogen and oxygen atoms in total. The van der Waals surface area contributed by atoms with Crippen LogP contribution in [0.1, 0.15) is 35.8 Å². The number of piperazine rings is 1. The highest BCUT2D eigenvalue weighted by atomic mass is 35.5. The van der Waals surface area contributed by atoms with E-state index in [1.54, 1.807) is 63.5 Å². The van der Waals surface area contributed by atoms with E-state index in [1.165, 1.54) is 4.90 Å². The fourth-order valence-electron chi connectivity index (χ4n) is 4.96. The Morgan fingerprint density at radius 1 is 1.10 bits per heavy atom. The normalized spacial score (nSPS) is 20.1. The van der Waals surface area contributed by atoms with Crippen molar-refractivity contribution in [2.45, 2.75) is 25.9 Å². The van der Waals surface area contributed by atoms with Crippen LogP contribution in [-0.2, 0) is 9.53 Å². The zero-order valence-corrected chi connectivity index (χ0v) is 23.9. The van der Waals surface area contributed by atoms with Gasteiger partial charge in [0.1, 0.15) is 5.75 Å². The maximum absolute atomic E-state index is 13.3. The molecule has 2 aromatic rings. The highest BCUT2D eigenvalue weighted by Gasteiger charge is 2.39. The van der Waals surface area contributed by atoms with Gasteiger partial charge in [0.15, 0.2) is 0 Å². The molecule has 0 radical (unpaired) electrons. The van der Waals surface area contributed by atoms with Crippen molar-refractivity contribution in [1.82, 2.24) is 20.0 Å². The second-order valence-electron chi connectivity index (χ2n) is 9.48. The highest BCUT2D eigenvalue weighted by Crippen LogP contribution is 2.37. The Morgan fingerprint density at radius 2 is 1.82 bits per heavy atom. The molecule has 2 aliphatic rings. The summed E-state index contributed by atoms with van der Waals surface area (Å²) in [6.07, 6.45) is 0. The molecule has 3 amide bonds. The first-order valence-electron chi connectivity index (χ1n) is 12.7. The van der Waals surface area contributed by atoms with E-state index in [0.717, 1.165) is 0 Å². The number of methoxy groups -OCH3 is 1. The van der Waals surface area contributed by atoms with Crippen LogP contribution in [0.15, 0.2) is 53.7 Å². The van der Waals surface area contributed by atoms with Crippen LogP contribution in [0, 0.1) is 0 Å². The number of esters is 1. The number of nitrogens with zero attached hydrogens (tertiary/aromatic N) is 3. The van der Waals surface area contributed by atoms with Crippen LogP contribution in [0.4, 0.5) is 4.79 Å². The fourth-order valence-corrected chi connectivity index (χ4v) is 5.38. The number of halogens is 2. The summed E-state index contributed by atoms with van der Waals surface area (Å²) in [6.45, 7) is 5.80. The van der Waals surface area contributed by atoms with Gasteiger partial charge in [0.25, 0.3) is 5.91 Å². The van der Waals surface area contributed by atoms with E-state index >= 15 is 0 Å². The predicted octanol–water partition coefficient (Wildman–Crippen LogP) is 4.36. The third-order valence-corrected chi connectivity index (χ3v) is 7.88. The van der Waals surface area contributed by atoms with Crippen LogP contribution >= 0.6 is 23.2 Å². The third kappa shape index (κ3) is 6.00. The number of urea groups is 1. The first kappa shape index (κ1) is 28.7. The van der Waals surface area contributed by atoms with Gasteiger partial charge in [-0.3, -0.25) is 14.6 Å². The number of carbonyl (C=O) groups is 3. The first-order valence-corrected chi connectivity index (χ1v) is 13.5. The summed E-state index contributed by atoms with van der Waals surface area (Å²) >= 11 is 12.8. The molecule has 0 aromatic heterocycles. The van der Waals surface area contributed by atoms with Crippen molar-refractivity contribution in [2.75, 3.05) is 46.9 Å². The Kier molecular flexibility index (Phi) is 9.04. The molecule has 2 atom stereocenters. The monoisotopic (exact) mass is 574 g/mol. The molecular weight excluding hydrogens is 543 g/mol. The Labute approximate surface area is 238 Å². The SMILES string of the molecule is CCOC(=O)C1=C(CN2CCN(C(=O)c3ccc(OC)cc3)[C@@H](C)C2)N(C)C(=O)N[C@@H]1c1cccc(Cl)c1Cl. The maximum atomic E-state index is 13.3. The predicted molar refractivity (Wildman–Crippen MR) is 149 cm³/mol. The summed E-state index contributed by atoms with van der Waals surface area (Å²) in [5.41, 5.74) is 1.91. The zero-order valence-electron chi connectivity index (χ0n) is 22.4. The molecule has 2 heterocycles. The Morgan fingerprint density at radius 3 is 2.46 bits per heavy atom. The lowest BCUT2D eigenvalue weighted by molar-refractivity contribution is -0.139. The number of nitrogens with one attached hydrogen (secondary N) is 1. The average Bonchev–Trinajstić information content (AvgIpc) is 2.92. The van der Waals surface area contributed by atoms with Crippen LogP contribution in [0.25, 0.3) is 0 Å². The Bertz CT molecular complexity index is 1280. The number of likely N-dealkylation sites (N-methyl/N-ethyl adjacent to an activating group) is 1. The number of hydrogen-bond acceptors (Lipinski definition) is 6. The van der Waals surface area contributed by atoms with Gasteiger partial charge < -0.3 is 19.7 Å². The van der Waals surface area contributed by atoms with Gasteiger partial charge in [-0.05, 0) is 49.7 Å². The van der Waals surface area contributed by atoms with Crippen molar-refractivity contribution in [1.29, 1.82) is 0 Å². The van der Waals surface area contributed by atoms with Crippen molar-refractivity contribution in [3.63, 3.8) is 0 Å². The molecule has 1 fully saturated rings. The third-order valence-electron chi connectivity index (χ3n) is 7.05. The molecule has 0 unspecified atom stereocenters.